The summed E-state index contributed by atoms with van der Waals surface area (Å²) in [5.74, 6) is 0. The summed E-state index contributed by atoms with van der Waals surface area (Å²) in [5, 5.41) is 3.64. The van der Waals surface area contributed by atoms with Gasteiger partial charge in [0.25, 0.3) is 0 Å². The molecule has 0 spiro atoms. The molecule has 0 bridgehead atoms. The van der Waals surface area contributed by atoms with Gasteiger partial charge in [-0.1, -0.05) is 15.9 Å². The van der Waals surface area contributed by atoms with Crippen molar-refractivity contribution in [3.8, 4) is 0 Å². The van der Waals surface area contributed by atoms with Gasteiger partial charge in [-0.3, -0.25) is 4.79 Å². The van der Waals surface area contributed by atoms with Gasteiger partial charge in [0.2, 0.25) is 5.24 Å². The van der Waals surface area contributed by atoms with Crippen molar-refractivity contribution in [1.29, 1.82) is 0 Å². The number of alkyl halides is 1. The number of rotatable bonds is 5. The molecule has 54 valence electrons. The summed E-state index contributed by atoms with van der Waals surface area (Å²) < 4.78 is 0. The summed E-state index contributed by atoms with van der Waals surface area (Å²) in [4.78, 5) is 10.1. The van der Waals surface area contributed by atoms with Crippen LogP contribution in [0.1, 0.15) is 6.42 Å². The lowest BCUT2D eigenvalue weighted by molar-refractivity contribution is -0.111. The topological polar surface area (TPSA) is 29.1 Å². The largest absolute Gasteiger partial charge is 0.315 e. The van der Waals surface area contributed by atoms with Crippen LogP contribution in [0.15, 0.2) is 0 Å². The van der Waals surface area contributed by atoms with E-state index in [0.717, 1.165) is 11.9 Å². The van der Waals surface area contributed by atoms with Crippen molar-refractivity contribution in [2.75, 3.05) is 18.4 Å². The Morgan fingerprint density at radius 1 is 1.56 bits per heavy atom. The molecule has 0 aliphatic carbocycles. The summed E-state index contributed by atoms with van der Waals surface area (Å²) >= 11 is 8.30. The van der Waals surface area contributed by atoms with Crippen LogP contribution in [0.2, 0.25) is 0 Å². The van der Waals surface area contributed by atoms with Crippen LogP contribution in [0.3, 0.4) is 0 Å². The molecule has 0 aromatic rings. The molecular weight excluding hydrogens is 205 g/mol. The molecule has 0 saturated heterocycles. The SMILES string of the molecule is O=C(Cl)CCNCCBr. The fourth-order valence-corrected chi connectivity index (χ4v) is 0.753. The quantitative estimate of drug-likeness (QED) is 0.422. The lowest BCUT2D eigenvalue weighted by atomic mass is 10.4. The van der Waals surface area contributed by atoms with Crippen molar-refractivity contribution in [3.63, 3.8) is 0 Å². The summed E-state index contributed by atoms with van der Waals surface area (Å²) in [6.45, 7) is 1.55. The third kappa shape index (κ3) is 8.40. The molecule has 1 N–H and O–H groups in total. The van der Waals surface area contributed by atoms with Gasteiger partial charge in [0, 0.05) is 24.8 Å². The van der Waals surface area contributed by atoms with Gasteiger partial charge in [0.15, 0.2) is 0 Å². The second kappa shape index (κ2) is 6.52. The Kier molecular flexibility index (Phi) is 6.81. The number of halogens is 2. The number of hydrogen-bond donors (Lipinski definition) is 1. The standard InChI is InChI=1S/C5H9BrClNO/c6-2-4-8-3-1-5(7)9/h8H,1-4H2. The number of carbonyl (C=O) groups excluding carboxylic acids is 1. The Hall–Kier alpha value is 0.400. The molecule has 0 atom stereocenters. The zero-order valence-corrected chi connectivity index (χ0v) is 7.33. The average molecular weight is 214 g/mol. The van der Waals surface area contributed by atoms with Crippen LogP contribution in [-0.2, 0) is 4.79 Å². The highest BCUT2D eigenvalue weighted by atomic mass is 79.9. The van der Waals surface area contributed by atoms with E-state index in [0.29, 0.717) is 13.0 Å². The summed E-state index contributed by atoms with van der Waals surface area (Å²) in [7, 11) is 0. The first kappa shape index (κ1) is 9.40. The molecule has 0 fully saturated rings. The highest BCUT2D eigenvalue weighted by Gasteiger charge is 1.92. The molecule has 0 aliphatic rings. The van der Waals surface area contributed by atoms with Gasteiger partial charge in [-0.2, -0.15) is 0 Å². The van der Waals surface area contributed by atoms with Gasteiger partial charge >= 0.3 is 0 Å². The monoisotopic (exact) mass is 213 g/mol. The molecule has 0 aromatic carbocycles. The van der Waals surface area contributed by atoms with Crippen molar-refractivity contribution in [1.82, 2.24) is 5.32 Å². The van der Waals surface area contributed by atoms with Crippen molar-refractivity contribution in [2.45, 2.75) is 6.42 Å². The van der Waals surface area contributed by atoms with Gasteiger partial charge in [-0.25, -0.2) is 0 Å². The van der Waals surface area contributed by atoms with Crippen LogP contribution in [0.5, 0.6) is 0 Å². The predicted molar refractivity (Wildman–Crippen MR) is 42.1 cm³/mol. The van der Waals surface area contributed by atoms with Gasteiger partial charge < -0.3 is 5.32 Å². The second-order valence-corrected chi connectivity index (χ2v) is 2.76. The van der Waals surface area contributed by atoms with E-state index in [2.05, 4.69) is 21.2 Å². The minimum Gasteiger partial charge on any atom is -0.315 e. The predicted octanol–water partition coefficient (Wildman–Crippen LogP) is 1.13. The third-order valence-electron chi connectivity index (χ3n) is 0.770. The molecule has 0 amide bonds. The number of nitrogens with one attached hydrogen (secondary N) is 1. The van der Waals surface area contributed by atoms with Crippen molar-refractivity contribution in [2.24, 2.45) is 0 Å². The Labute approximate surface area is 68.1 Å². The molecule has 0 aromatic heterocycles. The molecule has 2 nitrogen and oxygen atoms in total. The maximum Gasteiger partial charge on any atom is 0.222 e. The van der Waals surface area contributed by atoms with E-state index in [1.165, 1.54) is 0 Å². The van der Waals surface area contributed by atoms with Crippen LogP contribution >= 0.6 is 27.5 Å². The fraction of sp³-hybridized carbons (Fsp3) is 0.800. The molecule has 9 heavy (non-hydrogen) atoms. The lowest BCUT2D eigenvalue weighted by Gasteiger charge is -1.96. The average Bonchev–Trinajstić information content (AvgIpc) is 1.80. The zero-order valence-electron chi connectivity index (χ0n) is 4.99. The van der Waals surface area contributed by atoms with Crippen LogP contribution in [0.4, 0.5) is 0 Å². The van der Waals surface area contributed by atoms with E-state index in [1.807, 2.05) is 0 Å². The van der Waals surface area contributed by atoms with Crippen molar-refractivity contribution in [3.05, 3.63) is 0 Å². The second-order valence-electron chi connectivity index (χ2n) is 1.54. The molecule has 0 heterocycles. The number of carbonyl (C=O) groups is 1. The highest BCUT2D eigenvalue weighted by molar-refractivity contribution is 9.09. The van der Waals surface area contributed by atoms with Gasteiger partial charge in [0.1, 0.15) is 0 Å². The maximum atomic E-state index is 10.1. The zero-order chi connectivity index (χ0) is 7.11. The highest BCUT2D eigenvalue weighted by Crippen LogP contribution is 1.85. The Bertz CT molecular complexity index is 89.0. The Morgan fingerprint density at radius 3 is 2.67 bits per heavy atom. The van der Waals surface area contributed by atoms with Crippen LogP contribution < -0.4 is 5.32 Å². The molecule has 0 saturated carbocycles. The maximum absolute atomic E-state index is 10.1. The first-order valence-electron chi connectivity index (χ1n) is 2.72. The minimum absolute atomic E-state index is 0.280. The fourth-order valence-electron chi connectivity index (χ4n) is 0.378. The van der Waals surface area contributed by atoms with Crippen molar-refractivity contribution >= 4 is 32.8 Å². The third-order valence-corrected chi connectivity index (χ3v) is 1.36. The Morgan fingerprint density at radius 2 is 2.22 bits per heavy atom. The van der Waals surface area contributed by atoms with E-state index >= 15 is 0 Å². The first-order chi connectivity index (χ1) is 4.27. The van der Waals surface area contributed by atoms with Crippen molar-refractivity contribution < 1.29 is 4.79 Å². The minimum atomic E-state index is -0.280. The molecular formula is C5H9BrClNO. The van der Waals surface area contributed by atoms with E-state index in [-0.39, 0.29) is 5.24 Å². The van der Waals surface area contributed by atoms with Gasteiger partial charge in [-0.05, 0) is 11.6 Å². The summed E-state index contributed by atoms with van der Waals surface area (Å²) in [6, 6.07) is 0. The van der Waals surface area contributed by atoms with Gasteiger partial charge in [-0.15, -0.1) is 0 Å². The van der Waals surface area contributed by atoms with E-state index in [9.17, 15) is 4.79 Å². The molecule has 4 heteroatoms. The molecule has 0 rings (SSSR count). The Balaban J connectivity index is 2.83. The van der Waals surface area contributed by atoms with Crippen LogP contribution in [0, 0.1) is 0 Å². The summed E-state index contributed by atoms with van der Waals surface area (Å²) in [6.07, 6.45) is 0.411. The van der Waals surface area contributed by atoms with Gasteiger partial charge in [0.05, 0.1) is 0 Å². The molecule has 0 unspecified atom stereocenters. The lowest BCUT2D eigenvalue weighted by Crippen LogP contribution is -2.18. The molecule has 0 radical (unpaired) electrons. The first-order valence-corrected chi connectivity index (χ1v) is 4.22. The van der Waals surface area contributed by atoms with Crippen LogP contribution in [-0.4, -0.2) is 23.7 Å². The van der Waals surface area contributed by atoms with E-state index < -0.39 is 0 Å². The van der Waals surface area contributed by atoms with E-state index in [1.54, 1.807) is 0 Å². The summed E-state index contributed by atoms with van der Waals surface area (Å²) in [5.41, 5.74) is 0. The smallest absolute Gasteiger partial charge is 0.222 e. The molecule has 0 aliphatic heterocycles. The normalized spacial score (nSPS) is 9.56. The van der Waals surface area contributed by atoms with E-state index in [4.69, 9.17) is 11.6 Å². The van der Waals surface area contributed by atoms with Crippen LogP contribution in [0.25, 0.3) is 0 Å². The number of hydrogen-bond acceptors (Lipinski definition) is 2.